The topological polar surface area (TPSA) is 84.3 Å². The lowest BCUT2D eigenvalue weighted by molar-refractivity contribution is 0.183. The molecule has 6 N–H and O–H groups in total. The zero-order chi connectivity index (χ0) is 19.5. The quantitative estimate of drug-likeness (QED) is 0.547. The largest absolute Gasteiger partial charge is 0.400 e. The lowest BCUT2D eigenvalue weighted by Gasteiger charge is -2.39. The fourth-order valence-corrected chi connectivity index (χ4v) is 3.11. The SMILES string of the molecule is CC.CC(C)(N)CC(C)(C)CNC(C)(C)CC(C)(C)CN.CO. The molecule has 0 atom stereocenters. The van der Waals surface area contributed by atoms with E-state index in [0.717, 1.165) is 33.0 Å². The molecule has 0 bridgehead atoms. The van der Waals surface area contributed by atoms with Gasteiger partial charge in [0.05, 0.1) is 0 Å². The number of nitrogens with two attached hydrogens (primary N) is 2. The summed E-state index contributed by atoms with van der Waals surface area (Å²) in [6, 6.07) is 0. The van der Waals surface area contributed by atoms with Crippen molar-refractivity contribution in [2.45, 2.75) is 93.2 Å². The molecule has 0 unspecified atom stereocenters. The summed E-state index contributed by atoms with van der Waals surface area (Å²) in [5.41, 5.74) is 12.3. The fraction of sp³-hybridized carbons (Fsp3) is 1.00. The predicted molar refractivity (Wildman–Crippen MR) is 106 cm³/mol. The van der Waals surface area contributed by atoms with Crippen LogP contribution in [-0.4, -0.2) is 36.4 Å². The van der Waals surface area contributed by atoms with Gasteiger partial charge in [-0.1, -0.05) is 41.5 Å². The minimum Gasteiger partial charge on any atom is -0.400 e. The Bertz CT molecular complexity index is 279. The maximum absolute atomic E-state index is 7.00. The lowest BCUT2D eigenvalue weighted by Crippen LogP contribution is -2.49. The van der Waals surface area contributed by atoms with E-state index in [4.69, 9.17) is 16.6 Å². The summed E-state index contributed by atoms with van der Waals surface area (Å²) in [5.74, 6) is 0. The molecule has 0 aliphatic rings. The number of hydrogen-bond donors (Lipinski definition) is 4. The van der Waals surface area contributed by atoms with Gasteiger partial charge in [0.2, 0.25) is 0 Å². The molecule has 0 aromatic rings. The molecule has 0 fully saturated rings. The van der Waals surface area contributed by atoms with E-state index in [-0.39, 0.29) is 21.9 Å². The number of rotatable bonds is 8. The standard InChI is InChI=1S/C16H37N3.C2H6.CH4O/c1-13(2,11-17)10-16(7,8)19-12-14(3,4)9-15(5,6)18;2*1-2/h19H,9-12,17-18H2,1-8H3;1-2H3;2H,1H3. The molecule has 0 saturated carbocycles. The Morgan fingerprint density at radius 2 is 1.17 bits per heavy atom. The van der Waals surface area contributed by atoms with Gasteiger partial charge >= 0.3 is 0 Å². The van der Waals surface area contributed by atoms with E-state index in [1.165, 1.54) is 0 Å². The van der Waals surface area contributed by atoms with E-state index in [1.807, 2.05) is 13.8 Å². The third-order valence-corrected chi connectivity index (χ3v) is 3.45. The summed E-state index contributed by atoms with van der Waals surface area (Å²) in [6.45, 7) is 23.4. The van der Waals surface area contributed by atoms with Gasteiger partial charge in [0.25, 0.3) is 0 Å². The van der Waals surface area contributed by atoms with E-state index < -0.39 is 0 Å². The van der Waals surface area contributed by atoms with Crippen molar-refractivity contribution in [3.05, 3.63) is 0 Å². The first-order valence-corrected chi connectivity index (χ1v) is 8.87. The van der Waals surface area contributed by atoms with Gasteiger partial charge in [-0.25, -0.2) is 0 Å². The first-order valence-electron chi connectivity index (χ1n) is 8.87. The summed E-state index contributed by atoms with van der Waals surface area (Å²) >= 11 is 0. The summed E-state index contributed by atoms with van der Waals surface area (Å²) in [6.07, 6.45) is 2.07. The van der Waals surface area contributed by atoms with Crippen LogP contribution in [0.4, 0.5) is 0 Å². The van der Waals surface area contributed by atoms with Crippen molar-refractivity contribution in [3.8, 4) is 0 Å². The second-order valence-corrected chi connectivity index (χ2v) is 9.11. The normalized spacial score (nSPS) is 12.8. The van der Waals surface area contributed by atoms with Gasteiger partial charge in [-0.3, -0.25) is 0 Å². The average Bonchev–Trinajstić information content (AvgIpc) is 2.38. The van der Waals surface area contributed by atoms with Crippen molar-refractivity contribution in [3.63, 3.8) is 0 Å². The molecule has 23 heavy (non-hydrogen) atoms. The minimum absolute atomic E-state index is 0.0961. The predicted octanol–water partition coefficient (Wildman–Crippen LogP) is 3.52. The molecule has 144 valence electrons. The van der Waals surface area contributed by atoms with Crippen molar-refractivity contribution in [1.29, 1.82) is 0 Å². The minimum atomic E-state index is -0.119. The van der Waals surface area contributed by atoms with Crippen LogP contribution >= 0.6 is 0 Å². The molecule has 0 spiro atoms. The maximum atomic E-state index is 7.00. The van der Waals surface area contributed by atoms with E-state index >= 15 is 0 Å². The summed E-state index contributed by atoms with van der Waals surface area (Å²) in [5, 5.41) is 10.7. The van der Waals surface area contributed by atoms with Crippen molar-refractivity contribution in [2.24, 2.45) is 22.3 Å². The molecule has 4 nitrogen and oxygen atoms in total. The third-order valence-electron chi connectivity index (χ3n) is 3.45. The van der Waals surface area contributed by atoms with Crippen LogP contribution in [0.15, 0.2) is 0 Å². The van der Waals surface area contributed by atoms with Crippen molar-refractivity contribution < 1.29 is 5.11 Å². The van der Waals surface area contributed by atoms with E-state index in [9.17, 15) is 0 Å². The average molecular weight is 334 g/mol. The second kappa shape index (κ2) is 11.4. The second-order valence-electron chi connectivity index (χ2n) is 9.11. The highest BCUT2D eigenvalue weighted by atomic mass is 16.2. The van der Waals surface area contributed by atoms with Crippen LogP contribution < -0.4 is 16.8 Å². The molecular weight excluding hydrogens is 286 g/mol. The molecule has 0 radical (unpaired) electrons. The molecule has 0 heterocycles. The van der Waals surface area contributed by atoms with Gasteiger partial charge in [0.15, 0.2) is 0 Å². The zero-order valence-corrected chi connectivity index (χ0v) is 17.9. The summed E-state index contributed by atoms with van der Waals surface area (Å²) in [7, 11) is 1.00. The number of hydrogen-bond acceptors (Lipinski definition) is 4. The van der Waals surface area contributed by atoms with Crippen LogP contribution in [0.5, 0.6) is 0 Å². The highest BCUT2D eigenvalue weighted by molar-refractivity contribution is 4.90. The third kappa shape index (κ3) is 18.0. The van der Waals surface area contributed by atoms with E-state index in [0.29, 0.717) is 0 Å². The number of aliphatic hydroxyl groups excluding tert-OH is 1. The molecule has 0 amide bonds. The van der Waals surface area contributed by atoms with Crippen molar-refractivity contribution >= 4 is 0 Å². The Balaban J connectivity index is -0.000000919. The first kappa shape index (κ1) is 27.7. The lowest BCUT2D eigenvalue weighted by atomic mass is 9.77. The van der Waals surface area contributed by atoms with Crippen LogP contribution in [0, 0.1) is 10.8 Å². The highest BCUT2D eigenvalue weighted by Crippen LogP contribution is 2.29. The van der Waals surface area contributed by atoms with Crippen LogP contribution in [-0.2, 0) is 0 Å². The van der Waals surface area contributed by atoms with E-state index in [2.05, 4.69) is 60.7 Å². The van der Waals surface area contributed by atoms with Crippen LogP contribution in [0.3, 0.4) is 0 Å². The van der Waals surface area contributed by atoms with Gasteiger partial charge in [0, 0.05) is 24.7 Å². The number of aliphatic hydroxyl groups is 1. The van der Waals surface area contributed by atoms with Gasteiger partial charge < -0.3 is 21.9 Å². The fourth-order valence-electron chi connectivity index (χ4n) is 3.11. The molecule has 0 saturated heterocycles. The van der Waals surface area contributed by atoms with Gasteiger partial charge in [-0.15, -0.1) is 0 Å². The van der Waals surface area contributed by atoms with Crippen LogP contribution in [0.1, 0.15) is 82.1 Å². The Morgan fingerprint density at radius 3 is 1.48 bits per heavy atom. The van der Waals surface area contributed by atoms with Crippen molar-refractivity contribution in [2.75, 3.05) is 20.2 Å². The Hall–Kier alpha value is -0.160. The maximum Gasteiger partial charge on any atom is 0.0319 e. The molecular formula is C19H47N3O. The van der Waals surface area contributed by atoms with Crippen molar-refractivity contribution in [1.82, 2.24) is 5.32 Å². The highest BCUT2D eigenvalue weighted by Gasteiger charge is 2.31. The smallest absolute Gasteiger partial charge is 0.0319 e. The molecule has 0 aliphatic carbocycles. The Labute approximate surface area is 146 Å². The van der Waals surface area contributed by atoms with Crippen LogP contribution in [0.2, 0.25) is 0 Å². The molecule has 0 aromatic carbocycles. The zero-order valence-electron chi connectivity index (χ0n) is 17.9. The summed E-state index contributed by atoms with van der Waals surface area (Å²) < 4.78 is 0. The van der Waals surface area contributed by atoms with E-state index in [1.54, 1.807) is 0 Å². The first-order chi connectivity index (χ1) is 10.2. The van der Waals surface area contributed by atoms with Crippen LogP contribution in [0.25, 0.3) is 0 Å². The molecule has 4 heteroatoms. The Morgan fingerprint density at radius 1 is 0.783 bits per heavy atom. The molecule has 0 aromatic heterocycles. The monoisotopic (exact) mass is 333 g/mol. The van der Waals surface area contributed by atoms with Gasteiger partial charge in [0.1, 0.15) is 0 Å². The summed E-state index contributed by atoms with van der Waals surface area (Å²) in [4.78, 5) is 0. The molecule has 0 aliphatic heterocycles. The Kier molecular flexibility index (Phi) is 13.7. The van der Waals surface area contributed by atoms with Gasteiger partial charge in [-0.05, 0) is 57.9 Å². The molecule has 0 rings (SSSR count). The van der Waals surface area contributed by atoms with Gasteiger partial charge in [-0.2, -0.15) is 0 Å². The number of nitrogens with one attached hydrogen (secondary N) is 1.